The smallest absolute Gasteiger partial charge is 0.227 e. The van der Waals surface area contributed by atoms with Crippen LogP contribution in [0.5, 0.6) is 0 Å². The topological polar surface area (TPSA) is 59.5 Å². The first-order valence-corrected chi connectivity index (χ1v) is 7.14. The highest BCUT2D eigenvalue weighted by atomic mass is 79.9. The lowest BCUT2D eigenvalue weighted by Crippen LogP contribution is -2.28. The van der Waals surface area contributed by atoms with Crippen molar-refractivity contribution in [1.82, 2.24) is 4.90 Å². The number of nitrogens with two attached hydrogens (primary N) is 1. The zero-order valence-electron chi connectivity index (χ0n) is 11.3. The molecule has 0 fully saturated rings. The standard InChI is InChI=1S/C15H17BrN2O2/c1-18(10-13-6-7-14(16)20-13)15(19)8-11-4-2-3-5-12(11)9-17/h2-7H,8-10,17H2,1H3. The Morgan fingerprint density at radius 2 is 1.95 bits per heavy atom. The lowest BCUT2D eigenvalue weighted by atomic mass is 10.0. The maximum atomic E-state index is 12.2. The van der Waals surface area contributed by atoms with Gasteiger partial charge >= 0.3 is 0 Å². The van der Waals surface area contributed by atoms with Gasteiger partial charge in [-0.1, -0.05) is 24.3 Å². The lowest BCUT2D eigenvalue weighted by molar-refractivity contribution is -0.129. The molecule has 4 nitrogen and oxygen atoms in total. The first kappa shape index (κ1) is 14.8. The van der Waals surface area contributed by atoms with Crippen LogP contribution in [-0.2, 0) is 24.3 Å². The van der Waals surface area contributed by atoms with Crippen molar-refractivity contribution in [3.63, 3.8) is 0 Å². The minimum atomic E-state index is 0.0402. The lowest BCUT2D eigenvalue weighted by Gasteiger charge is -2.16. The number of carbonyl (C=O) groups is 1. The fourth-order valence-corrected chi connectivity index (χ4v) is 2.33. The molecule has 5 heteroatoms. The highest BCUT2D eigenvalue weighted by Gasteiger charge is 2.13. The zero-order valence-corrected chi connectivity index (χ0v) is 12.9. The summed E-state index contributed by atoms with van der Waals surface area (Å²) in [5, 5.41) is 0. The summed E-state index contributed by atoms with van der Waals surface area (Å²) in [6.45, 7) is 0.896. The second-order valence-corrected chi connectivity index (χ2v) is 5.39. The van der Waals surface area contributed by atoms with Crippen LogP contribution in [-0.4, -0.2) is 17.9 Å². The van der Waals surface area contributed by atoms with Gasteiger partial charge in [0.1, 0.15) is 5.76 Å². The molecule has 1 aromatic carbocycles. The molecule has 106 valence electrons. The quantitative estimate of drug-likeness (QED) is 0.913. The van der Waals surface area contributed by atoms with Gasteiger partial charge in [0.15, 0.2) is 4.67 Å². The van der Waals surface area contributed by atoms with Gasteiger partial charge in [-0.3, -0.25) is 4.79 Å². The molecule has 1 heterocycles. The van der Waals surface area contributed by atoms with Crippen LogP contribution in [0, 0.1) is 0 Å². The van der Waals surface area contributed by atoms with Crippen molar-refractivity contribution in [3.8, 4) is 0 Å². The van der Waals surface area contributed by atoms with Crippen LogP contribution in [0.25, 0.3) is 0 Å². The Morgan fingerprint density at radius 3 is 2.55 bits per heavy atom. The molecule has 1 amide bonds. The number of halogens is 1. The predicted octanol–water partition coefficient (Wildman–Crippen LogP) is 2.70. The van der Waals surface area contributed by atoms with Crippen molar-refractivity contribution >= 4 is 21.8 Å². The van der Waals surface area contributed by atoms with Crippen LogP contribution in [0.3, 0.4) is 0 Å². The predicted molar refractivity (Wildman–Crippen MR) is 80.9 cm³/mol. The molecule has 20 heavy (non-hydrogen) atoms. The number of hydrogen-bond donors (Lipinski definition) is 1. The minimum absolute atomic E-state index is 0.0402. The largest absolute Gasteiger partial charge is 0.452 e. The van der Waals surface area contributed by atoms with Gasteiger partial charge in [0.2, 0.25) is 5.91 Å². The Bertz CT molecular complexity index is 595. The molecule has 2 N–H and O–H groups in total. The third-order valence-corrected chi connectivity index (χ3v) is 3.55. The fourth-order valence-electron chi connectivity index (χ4n) is 1.99. The number of amides is 1. The van der Waals surface area contributed by atoms with Gasteiger partial charge in [-0.25, -0.2) is 0 Å². The molecule has 0 atom stereocenters. The normalized spacial score (nSPS) is 10.6. The van der Waals surface area contributed by atoms with Gasteiger partial charge in [-0.05, 0) is 39.2 Å². The highest BCUT2D eigenvalue weighted by molar-refractivity contribution is 9.10. The molecule has 0 unspecified atom stereocenters. The number of carbonyl (C=O) groups excluding carboxylic acids is 1. The van der Waals surface area contributed by atoms with Crippen LogP contribution < -0.4 is 5.73 Å². The summed E-state index contributed by atoms with van der Waals surface area (Å²) in [4.78, 5) is 13.9. The van der Waals surface area contributed by atoms with Gasteiger partial charge in [0.05, 0.1) is 13.0 Å². The van der Waals surface area contributed by atoms with Crippen molar-refractivity contribution in [2.24, 2.45) is 5.73 Å². The van der Waals surface area contributed by atoms with E-state index < -0.39 is 0 Å². The first-order valence-electron chi connectivity index (χ1n) is 6.35. The van der Waals surface area contributed by atoms with E-state index in [9.17, 15) is 4.79 Å². The van der Waals surface area contributed by atoms with Crippen LogP contribution in [0.2, 0.25) is 0 Å². The van der Waals surface area contributed by atoms with Gasteiger partial charge in [0.25, 0.3) is 0 Å². The summed E-state index contributed by atoms with van der Waals surface area (Å²) in [6, 6.07) is 11.4. The second kappa shape index (κ2) is 6.72. The van der Waals surface area contributed by atoms with Crippen molar-refractivity contribution in [3.05, 3.63) is 58.0 Å². The van der Waals surface area contributed by atoms with Crippen molar-refractivity contribution in [2.45, 2.75) is 19.5 Å². The molecule has 0 radical (unpaired) electrons. The molecule has 0 spiro atoms. The van der Waals surface area contributed by atoms with Gasteiger partial charge in [-0.15, -0.1) is 0 Å². The molecule has 1 aromatic heterocycles. The number of benzene rings is 1. The molecule has 2 rings (SSSR count). The summed E-state index contributed by atoms with van der Waals surface area (Å²) >= 11 is 3.25. The number of likely N-dealkylation sites (N-methyl/N-ethyl adjacent to an activating group) is 1. The summed E-state index contributed by atoms with van der Waals surface area (Å²) in [6.07, 6.45) is 0.353. The number of furan rings is 1. The summed E-state index contributed by atoms with van der Waals surface area (Å²) < 4.78 is 6.07. The summed E-state index contributed by atoms with van der Waals surface area (Å²) in [5.74, 6) is 0.790. The van der Waals surface area contributed by atoms with E-state index in [1.165, 1.54) is 0 Å². The average molecular weight is 337 g/mol. The third kappa shape index (κ3) is 3.71. The zero-order chi connectivity index (χ0) is 14.5. The second-order valence-electron chi connectivity index (χ2n) is 4.61. The molecule has 0 aliphatic carbocycles. The number of nitrogens with zero attached hydrogens (tertiary/aromatic N) is 1. The Labute approximate surface area is 126 Å². The Kier molecular flexibility index (Phi) is 4.98. The van der Waals surface area contributed by atoms with E-state index in [4.69, 9.17) is 10.2 Å². The number of rotatable bonds is 5. The Hall–Kier alpha value is -1.59. The van der Waals surface area contributed by atoms with Crippen molar-refractivity contribution in [1.29, 1.82) is 0 Å². The molecule has 0 bridgehead atoms. The van der Waals surface area contributed by atoms with E-state index in [2.05, 4.69) is 15.9 Å². The van der Waals surface area contributed by atoms with Crippen molar-refractivity contribution in [2.75, 3.05) is 7.05 Å². The monoisotopic (exact) mass is 336 g/mol. The molecule has 0 saturated heterocycles. The van der Waals surface area contributed by atoms with Gasteiger partial charge in [-0.2, -0.15) is 0 Å². The summed E-state index contributed by atoms with van der Waals surface area (Å²) in [5.41, 5.74) is 7.67. The van der Waals surface area contributed by atoms with Crippen LogP contribution in [0.4, 0.5) is 0 Å². The van der Waals surface area contributed by atoms with E-state index in [1.54, 1.807) is 11.9 Å². The van der Waals surface area contributed by atoms with Crippen LogP contribution in [0.1, 0.15) is 16.9 Å². The highest BCUT2D eigenvalue weighted by Crippen LogP contribution is 2.16. The Balaban J connectivity index is 2.00. The maximum absolute atomic E-state index is 12.2. The van der Waals surface area contributed by atoms with Crippen LogP contribution >= 0.6 is 15.9 Å². The van der Waals surface area contributed by atoms with E-state index in [0.29, 0.717) is 24.2 Å². The number of hydrogen-bond acceptors (Lipinski definition) is 3. The third-order valence-electron chi connectivity index (χ3n) is 3.13. The molecule has 0 saturated carbocycles. The van der Waals surface area contributed by atoms with E-state index in [0.717, 1.165) is 16.9 Å². The SMILES string of the molecule is CN(Cc1ccc(Br)o1)C(=O)Cc1ccccc1CN. The van der Waals surface area contributed by atoms with Crippen molar-refractivity contribution < 1.29 is 9.21 Å². The molecule has 2 aromatic rings. The molecule has 0 aliphatic heterocycles. The van der Waals surface area contributed by atoms with E-state index in [-0.39, 0.29) is 5.91 Å². The van der Waals surface area contributed by atoms with Gasteiger partial charge < -0.3 is 15.1 Å². The van der Waals surface area contributed by atoms with Crippen LogP contribution in [0.15, 0.2) is 45.5 Å². The molecular formula is C15H17BrN2O2. The first-order chi connectivity index (χ1) is 9.60. The minimum Gasteiger partial charge on any atom is -0.452 e. The van der Waals surface area contributed by atoms with E-state index in [1.807, 2.05) is 36.4 Å². The average Bonchev–Trinajstić information content (AvgIpc) is 2.84. The Morgan fingerprint density at radius 1 is 1.25 bits per heavy atom. The summed E-state index contributed by atoms with van der Waals surface area (Å²) in [7, 11) is 1.77. The molecular weight excluding hydrogens is 320 g/mol. The fraction of sp³-hybridized carbons (Fsp3) is 0.267. The van der Waals surface area contributed by atoms with Gasteiger partial charge in [0, 0.05) is 13.6 Å². The molecule has 0 aliphatic rings. The van der Waals surface area contributed by atoms with E-state index >= 15 is 0 Å². The maximum Gasteiger partial charge on any atom is 0.227 e.